The van der Waals surface area contributed by atoms with Crippen LogP contribution in [0.25, 0.3) is 0 Å². The van der Waals surface area contributed by atoms with E-state index in [0.29, 0.717) is 11.3 Å². The van der Waals surface area contributed by atoms with E-state index in [1.165, 1.54) is 23.6 Å². The van der Waals surface area contributed by atoms with Crippen LogP contribution >= 0.6 is 11.3 Å². The SMILES string of the molecule is O=C(O)c1csc(S(=O)(=O)Nc2cccc(OCC(F)(F)F)c2)c1. The highest BCUT2D eigenvalue weighted by molar-refractivity contribution is 7.94. The monoisotopic (exact) mass is 381 g/mol. The number of carboxylic acid groups (broad SMARTS) is 1. The van der Waals surface area contributed by atoms with Gasteiger partial charge in [0, 0.05) is 11.4 Å². The topological polar surface area (TPSA) is 92.7 Å². The second-order valence-electron chi connectivity index (χ2n) is 4.50. The Kier molecular flexibility index (Phi) is 5.04. The Balaban J connectivity index is 2.15. The summed E-state index contributed by atoms with van der Waals surface area (Å²) in [6.45, 7) is -1.50. The molecule has 2 rings (SSSR count). The van der Waals surface area contributed by atoms with Crippen molar-refractivity contribution >= 4 is 33.0 Å². The average molecular weight is 381 g/mol. The summed E-state index contributed by atoms with van der Waals surface area (Å²) in [5.74, 6) is -1.43. The molecule has 11 heteroatoms. The van der Waals surface area contributed by atoms with Crippen molar-refractivity contribution in [1.29, 1.82) is 0 Å². The Morgan fingerprint density at radius 1 is 1.29 bits per heavy atom. The van der Waals surface area contributed by atoms with Crippen LogP contribution in [0.4, 0.5) is 18.9 Å². The van der Waals surface area contributed by atoms with Crippen molar-refractivity contribution in [1.82, 2.24) is 0 Å². The first kappa shape index (κ1) is 18.1. The second-order valence-corrected chi connectivity index (χ2v) is 7.32. The van der Waals surface area contributed by atoms with Crippen LogP contribution in [0.1, 0.15) is 10.4 Å². The third-order valence-corrected chi connectivity index (χ3v) is 5.40. The maximum absolute atomic E-state index is 12.2. The summed E-state index contributed by atoms with van der Waals surface area (Å²) < 4.78 is 67.1. The summed E-state index contributed by atoms with van der Waals surface area (Å²) in [7, 11) is -4.06. The van der Waals surface area contributed by atoms with E-state index in [1.54, 1.807) is 0 Å². The molecule has 0 spiro atoms. The third-order valence-electron chi connectivity index (χ3n) is 2.58. The minimum atomic E-state index is -4.51. The molecule has 0 saturated heterocycles. The fourth-order valence-electron chi connectivity index (χ4n) is 1.59. The fraction of sp³-hybridized carbons (Fsp3) is 0.154. The number of benzene rings is 1. The Morgan fingerprint density at radius 2 is 2.00 bits per heavy atom. The van der Waals surface area contributed by atoms with Crippen LogP contribution in [0, 0.1) is 0 Å². The Hall–Kier alpha value is -2.27. The first-order valence-corrected chi connectivity index (χ1v) is 8.57. The van der Waals surface area contributed by atoms with Gasteiger partial charge in [-0.05, 0) is 18.2 Å². The molecule has 0 unspecified atom stereocenters. The van der Waals surface area contributed by atoms with E-state index >= 15 is 0 Å². The first-order valence-electron chi connectivity index (χ1n) is 6.21. The quantitative estimate of drug-likeness (QED) is 0.802. The highest BCUT2D eigenvalue weighted by Gasteiger charge is 2.28. The number of carboxylic acids is 1. The van der Waals surface area contributed by atoms with Crippen LogP contribution in [0.2, 0.25) is 0 Å². The van der Waals surface area contributed by atoms with Gasteiger partial charge in [0.2, 0.25) is 0 Å². The van der Waals surface area contributed by atoms with Crippen molar-refractivity contribution in [3.05, 3.63) is 41.3 Å². The molecule has 130 valence electrons. The number of nitrogens with one attached hydrogen (secondary N) is 1. The van der Waals surface area contributed by atoms with E-state index in [4.69, 9.17) is 5.11 Å². The van der Waals surface area contributed by atoms with Crippen molar-refractivity contribution in [3.63, 3.8) is 0 Å². The van der Waals surface area contributed by atoms with Gasteiger partial charge < -0.3 is 9.84 Å². The number of rotatable bonds is 6. The number of carbonyl (C=O) groups is 1. The Labute approximate surface area is 138 Å². The smallest absolute Gasteiger partial charge is 0.422 e. The normalized spacial score (nSPS) is 12.0. The van der Waals surface area contributed by atoms with Crippen molar-refractivity contribution < 1.29 is 36.2 Å². The van der Waals surface area contributed by atoms with Crippen LogP contribution in [-0.2, 0) is 10.0 Å². The van der Waals surface area contributed by atoms with Crippen LogP contribution in [-0.4, -0.2) is 32.3 Å². The molecule has 0 aliphatic rings. The zero-order valence-corrected chi connectivity index (χ0v) is 13.3. The van der Waals surface area contributed by atoms with Crippen LogP contribution < -0.4 is 9.46 Å². The molecule has 24 heavy (non-hydrogen) atoms. The van der Waals surface area contributed by atoms with Crippen LogP contribution in [0.3, 0.4) is 0 Å². The summed E-state index contributed by atoms with van der Waals surface area (Å²) in [6, 6.07) is 5.97. The van der Waals surface area contributed by atoms with Crippen molar-refractivity contribution in [2.75, 3.05) is 11.3 Å². The predicted molar refractivity (Wildman–Crippen MR) is 80.1 cm³/mol. The summed E-state index contributed by atoms with van der Waals surface area (Å²) in [5.41, 5.74) is -0.192. The van der Waals surface area contributed by atoms with Gasteiger partial charge in [-0.1, -0.05) is 6.07 Å². The molecule has 0 aliphatic carbocycles. The minimum absolute atomic E-state index is 0.0139. The number of thiophene rings is 1. The number of ether oxygens (including phenoxy) is 1. The van der Waals surface area contributed by atoms with E-state index in [9.17, 15) is 26.4 Å². The van der Waals surface area contributed by atoms with Gasteiger partial charge >= 0.3 is 12.1 Å². The van der Waals surface area contributed by atoms with E-state index in [-0.39, 0.29) is 21.2 Å². The van der Waals surface area contributed by atoms with Gasteiger partial charge in [-0.15, -0.1) is 11.3 Å². The lowest BCUT2D eigenvalue weighted by Crippen LogP contribution is -2.19. The fourth-order valence-corrected chi connectivity index (χ4v) is 3.79. The summed E-state index contributed by atoms with van der Waals surface area (Å²) in [4.78, 5) is 10.8. The molecule has 2 aromatic rings. The Morgan fingerprint density at radius 3 is 2.58 bits per heavy atom. The van der Waals surface area contributed by atoms with E-state index in [1.807, 2.05) is 0 Å². The molecule has 6 nitrogen and oxygen atoms in total. The van der Waals surface area contributed by atoms with Gasteiger partial charge in [0.15, 0.2) is 6.61 Å². The average Bonchev–Trinajstić information content (AvgIpc) is 2.95. The van der Waals surface area contributed by atoms with Gasteiger partial charge in [-0.2, -0.15) is 13.2 Å². The molecule has 0 atom stereocenters. The molecule has 1 aromatic heterocycles. The lowest BCUT2D eigenvalue weighted by Gasteiger charge is -2.11. The number of anilines is 1. The maximum Gasteiger partial charge on any atom is 0.422 e. The lowest BCUT2D eigenvalue weighted by atomic mass is 10.3. The molecule has 0 radical (unpaired) electrons. The van der Waals surface area contributed by atoms with Crippen LogP contribution in [0.15, 0.2) is 39.9 Å². The zero-order valence-electron chi connectivity index (χ0n) is 11.7. The highest BCUT2D eigenvalue weighted by atomic mass is 32.2. The first-order chi connectivity index (χ1) is 11.1. The number of sulfonamides is 1. The molecular weight excluding hydrogens is 371 g/mol. The molecule has 1 heterocycles. The molecule has 0 amide bonds. The molecule has 1 aromatic carbocycles. The lowest BCUT2D eigenvalue weighted by molar-refractivity contribution is -0.153. The number of hydrogen-bond donors (Lipinski definition) is 2. The van der Waals surface area contributed by atoms with E-state index in [2.05, 4.69) is 9.46 Å². The molecular formula is C13H10F3NO5S2. The standard InChI is InChI=1S/C13H10F3NO5S2/c14-13(15,16)7-22-10-3-1-2-9(5-10)17-24(20,21)11-4-8(6-23-11)12(18)19/h1-6,17H,7H2,(H,18,19). The van der Waals surface area contributed by atoms with Gasteiger partial charge in [-0.3, -0.25) is 4.72 Å². The van der Waals surface area contributed by atoms with Gasteiger partial charge in [0.25, 0.3) is 10.0 Å². The number of halogens is 3. The summed E-state index contributed by atoms with van der Waals surface area (Å²) in [5, 5.41) is 9.96. The number of alkyl halides is 3. The Bertz CT molecular complexity index is 845. The number of hydrogen-bond acceptors (Lipinski definition) is 5. The maximum atomic E-state index is 12.2. The van der Waals surface area contributed by atoms with Gasteiger partial charge in [0.05, 0.1) is 11.3 Å². The molecule has 0 bridgehead atoms. The molecule has 0 saturated carbocycles. The zero-order chi connectivity index (χ0) is 18.0. The van der Waals surface area contributed by atoms with Gasteiger partial charge in [-0.25, -0.2) is 13.2 Å². The minimum Gasteiger partial charge on any atom is -0.484 e. The van der Waals surface area contributed by atoms with E-state index < -0.39 is 28.8 Å². The van der Waals surface area contributed by atoms with Crippen molar-refractivity contribution in [2.24, 2.45) is 0 Å². The third kappa shape index (κ3) is 4.86. The number of aromatic carboxylic acids is 1. The predicted octanol–water partition coefficient (Wildman–Crippen LogP) is 3.19. The molecule has 0 fully saturated rings. The summed E-state index contributed by atoms with van der Waals surface area (Å²) in [6.07, 6.45) is -4.51. The molecule has 2 N–H and O–H groups in total. The van der Waals surface area contributed by atoms with Gasteiger partial charge in [0.1, 0.15) is 9.96 Å². The van der Waals surface area contributed by atoms with E-state index in [0.717, 1.165) is 12.1 Å². The van der Waals surface area contributed by atoms with Crippen molar-refractivity contribution in [3.8, 4) is 5.75 Å². The summed E-state index contributed by atoms with van der Waals surface area (Å²) >= 11 is 0.711. The second kappa shape index (κ2) is 6.69. The largest absolute Gasteiger partial charge is 0.484 e. The van der Waals surface area contributed by atoms with Crippen LogP contribution in [0.5, 0.6) is 5.75 Å². The van der Waals surface area contributed by atoms with Crippen molar-refractivity contribution in [2.45, 2.75) is 10.4 Å². The molecule has 0 aliphatic heterocycles. The highest BCUT2D eigenvalue weighted by Crippen LogP contribution is 2.26.